The van der Waals surface area contributed by atoms with Gasteiger partial charge in [0.05, 0.1) is 0 Å². The van der Waals surface area contributed by atoms with Crippen molar-refractivity contribution in [3.63, 3.8) is 0 Å². The summed E-state index contributed by atoms with van der Waals surface area (Å²) >= 11 is 0. The van der Waals surface area contributed by atoms with E-state index in [1.54, 1.807) is 0 Å². The average molecular weight is 423 g/mol. The quantitative estimate of drug-likeness (QED) is 0.144. The van der Waals surface area contributed by atoms with Gasteiger partial charge in [0, 0.05) is 0 Å². The Hall–Kier alpha value is 0. The molecule has 0 nitrogen and oxygen atoms in total. The Morgan fingerprint density at radius 3 is 0.833 bits per heavy atom. The van der Waals surface area contributed by atoms with E-state index in [1.807, 2.05) is 0 Å². The van der Waals surface area contributed by atoms with Crippen LogP contribution in [0.3, 0.4) is 0 Å². The summed E-state index contributed by atoms with van der Waals surface area (Å²) < 4.78 is 0. The van der Waals surface area contributed by atoms with Gasteiger partial charge in [-0.3, -0.25) is 0 Å². The molecule has 0 aliphatic rings. The molecule has 0 amide bonds. The maximum absolute atomic E-state index is 2.48. The van der Waals surface area contributed by atoms with Crippen molar-refractivity contribution in [2.24, 2.45) is 11.3 Å². The van der Waals surface area contributed by atoms with E-state index in [0.29, 0.717) is 5.41 Å². The topological polar surface area (TPSA) is 0 Å². The van der Waals surface area contributed by atoms with E-state index < -0.39 is 0 Å². The van der Waals surface area contributed by atoms with Gasteiger partial charge in [-0.2, -0.15) is 0 Å². The van der Waals surface area contributed by atoms with Gasteiger partial charge >= 0.3 is 0 Å². The van der Waals surface area contributed by atoms with Crippen LogP contribution >= 0.6 is 0 Å². The SMILES string of the molecule is CCCCCCCCCCCCCC(CCCCCCCCCCCC)C(C)(C)C. The van der Waals surface area contributed by atoms with E-state index >= 15 is 0 Å². The zero-order valence-electron chi connectivity index (χ0n) is 22.3. The van der Waals surface area contributed by atoms with E-state index in [9.17, 15) is 0 Å². The molecule has 30 heavy (non-hydrogen) atoms. The minimum Gasteiger partial charge on any atom is -0.0654 e. The molecule has 0 aliphatic heterocycles. The lowest BCUT2D eigenvalue weighted by Gasteiger charge is -2.31. The van der Waals surface area contributed by atoms with Crippen molar-refractivity contribution in [2.45, 2.75) is 182 Å². The van der Waals surface area contributed by atoms with Crippen LogP contribution in [-0.2, 0) is 0 Å². The van der Waals surface area contributed by atoms with Crippen molar-refractivity contribution >= 4 is 0 Å². The molecule has 0 bridgehead atoms. The van der Waals surface area contributed by atoms with Gasteiger partial charge in [0.1, 0.15) is 0 Å². The second kappa shape index (κ2) is 22.2. The highest BCUT2D eigenvalue weighted by Crippen LogP contribution is 2.34. The first-order valence-electron chi connectivity index (χ1n) is 14.5. The summed E-state index contributed by atoms with van der Waals surface area (Å²) in [6.45, 7) is 12.1. The van der Waals surface area contributed by atoms with Crippen molar-refractivity contribution in [3.05, 3.63) is 0 Å². The van der Waals surface area contributed by atoms with E-state index in [1.165, 1.54) is 148 Å². The molecule has 0 N–H and O–H groups in total. The van der Waals surface area contributed by atoms with Crippen LogP contribution < -0.4 is 0 Å². The zero-order valence-corrected chi connectivity index (χ0v) is 22.3. The molecule has 0 rings (SSSR count). The molecule has 0 saturated carbocycles. The molecule has 1 unspecified atom stereocenters. The van der Waals surface area contributed by atoms with Crippen molar-refractivity contribution in [2.75, 3.05) is 0 Å². The molecule has 0 spiro atoms. The van der Waals surface area contributed by atoms with Crippen LogP contribution in [0, 0.1) is 11.3 Å². The highest BCUT2D eigenvalue weighted by molar-refractivity contribution is 4.74. The predicted molar refractivity (Wildman–Crippen MR) is 140 cm³/mol. The fraction of sp³-hybridized carbons (Fsp3) is 1.00. The molecule has 0 radical (unpaired) electrons. The molecule has 0 aromatic carbocycles. The molecule has 0 aliphatic carbocycles. The number of hydrogen-bond acceptors (Lipinski definition) is 0. The molecular weight excluding hydrogens is 360 g/mol. The molecule has 0 heterocycles. The van der Waals surface area contributed by atoms with Gasteiger partial charge in [-0.1, -0.05) is 169 Å². The van der Waals surface area contributed by atoms with Crippen LogP contribution in [-0.4, -0.2) is 0 Å². The van der Waals surface area contributed by atoms with E-state index in [-0.39, 0.29) is 0 Å². The first-order valence-corrected chi connectivity index (χ1v) is 14.5. The standard InChI is InChI=1S/C30H62/c1-6-8-10-12-14-16-18-20-22-24-26-28-29(30(3,4)5)27-25-23-21-19-17-15-13-11-9-7-2/h29H,6-28H2,1-5H3. The van der Waals surface area contributed by atoms with Crippen molar-refractivity contribution in [3.8, 4) is 0 Å². The van der Waals surface area contributed by atoms with Gasteiger partial charge in [0.25, 0.3) is 0 Å². The highest BCUT2D eigenvalue weighted by Gasteiger charge is 2.23. The van der Waals surface area contributed by atoms with Gasteiger partial charge in [-0.05, 0) is 24.2 Å². The Morgan fingerprint density at radius 2 is 0.600 bits per heavy atom. The summed E-state index contributed by atoms with van der Waals surface area (Å²) in [6.07, 6.45) is 33.6. The Bertz CT molecular complexity index is 310. The Morgan fingerprint density at radius 1 is 0.367 bits per heavy atom. The van der Waals surface area contributed by atoms with Gasteiger partial charge in [0.2, 0.25) is 0 Å². The van der Waals surface area contributed by atoms with Crippen LogP contribution in [0.15, 0.2) is 0 Å². The van der Waals surface area contributed by atoms with Crippen LogP contribution in [0.25, 0.3) is 0 Å². The number of rotatable bonds is 23. The van der Waals surface area contributed by atoms with Crippen molar-refractivity contribution < 1.29 is 0 Å². The van der Waals surface area contributed by atoms with Crippen molar-refractivity contribution in [1.29, 1.82) is 0 Å². The zero-order chi connectivity index (χ0) is 22.3. The number of unbranched alkanes of at least 4 members (excludes halogenated alkanes) is 19. The summed E-state index contributed by atoms with van der Waals surface area (Å²) in [4.78, 5) is 0. The lowest BCUT2D eigenvalue weighted by atomic mass is 9.75. The molecule has 182 valence electrons. The lowest BCUT2D eigenvalue weighted by Crippen LogP contribution is -2.20. The summed E-state index contributed by atoms with van der Waals surface area (Å²) in [6, 6.07) is 0. The van der Waals surface area contributed by atoms with Gasteiger partial charge < -0.3 is 0 Å². The highest BCUT2D eigenvalue weighted by atomic mass is 14.3. The van der Waals surface area contributed by atoms with E-state index in [2.05, 4.69) is 34.6 Å². The molecule has 1 atom stereocenters. The van der Waals surface area contributed by atoms with E-state index in [0.717, 1.165) is 5.92 Å². The lowest BCUT2D eigenvalue weighted by molar-refractivity contribution is 0.201. The van der Waals surface area contributed by atoms with Crippen molar-refractivity contribution in [1.82, 2.24) is 0 Å². The average Bonchev–Trinajstić information content (AvgIpc) is 2.70. The molecular formula is C30H62. The first kappa shape index (κ1) is 30.0. The van der Waals surface area contributed by atoms with Gasteiger partial charge in [-0.25, -0.2) is 0 Å². The minimum atomic E-state index is 0.498. The van der Waals surface area contributed by atoms with Crippen LogP contribution in [0.1, 0.15) is 182 Å². The maximum atomic E-state index is 2.48. The van der Waals surface area contributed by atoms with E-state index in [4.69, 9.17) is 0 Å². The van der Waals surface area contributed by atoms with Crippen LogP contribution in [0.2, 0.25) is 0 Å². The third kappa shape index (κ3) is 21.2. The third-order valence-corrected chi connectivity index (χ3v) is 7.29. The third-order valence-electron chi connectivity index (χ3n) is 7.29. The molecule has 0 aromatic heterocycles. The van der Waals surface area contributed by atoms with Crippen LogP contribution in [0.5, 0.6) is 0 Å². The van der Waals surface area contributed by atoms with Gasteiger partial charge in [0.15, 0.2) is 0 Å². The summed E-state index contributed by atoms with van der Waals surface area (Å²) in [5.74, 6) is 0.935. The summed E-state index contributed by atoms with van der Waals surface area (Å²) in [7, 11) is 0. The first-order chi connectivity index (χ1) is 14.5. The monoisotopic (exact) mass is 422 g/mol. The molecule has 0 saturated heterocycles. The predicted octanol–water partition coefficient (Wildman–Crippen LogP) is 11.7. The second-order valence-corrected chi connectivity index (χ2v) is 11.4. The smallest absolute Gasteiger partial charge is 0.0354 e. The molecule has 0 fully saturated rings. The Labute approximate surface area is 193 Å². The largest absolute Gasteiger partial charge is 0.0654 e. The van der Waals surface area contributed by atoms with Gasteiger partial charge in [-0.15, -0.1) is 0 Å². The minimum absolute atomic E-state index is 0.498. The molecule has 0 aromatic rings. The fourth-order valence-electron chi connectivity index (χ4n) is 4.94. The summed E-state index contributed by atoms with van der Waals surface area (Å²) in [5, 5.41) is 0. The fourth-order valence-corrected chi connectivity index (χ4v) is 4.94. The normalized spacial score (nSPS) is 13.1. The number of hydrogen-bond donors (Lipinski definition) is 0. The Kier molecular flexibility index (Phi) is 22.2. The second-order valence-electron chi connectivity index (χ2n) is 11.4. The Balaban J connectivity index is 3.59. The summed E-state index contributed by atoms with van der Waals surface area (Å²) in [5.41, 5.74) is 0.498. The molecule has 0 heteroatoms. The maximum Gasteiger partial charge on any atom is -0.0354 e. The van der Waals surface area contributed by atoms with Crippen LogP contribution in [0.4, 0.5) is 0 Å².